The third-order valence-corrected chi connectivity index (χ3v) is 6.14. The first-order valence-electron chi connectivity index (χ1n) is 10.1. The van der Waals surface area contributed by atoms with Crippen LogP contribution in [0.3, 0.4) is 0 Å². The molecule has 3 heteroatoms. The van der Waals surface area contributed by atoms with Crippen molar-refractivity contribution in [2.24, 2.45) is 17.8 Å². The molecule has 0 amide bonds. The fraction of sp³-hybridized carbons (Fsp3) is 0.727. The molecule has 1 aliphatic carbocycles. The van der Waals surface area contributed by atoms with Gasteiger partial charge in [-0.1, -0.05) is 51.5 Å². The Kier molecular flexibility index (Phi) is 6.54. The molecule has 2 aliphatic rings. The van der Waals surface area contributed by atoms with E-state index in [-0.39, 0.29) is 0 Å². The first kappa shape index (κ1) is 18.9. The Balaban J connectivity index is 1.47. The summed E-state index contributed by atoms with van der Waals surface area (Å²) >= 11 is 0. The van der Waals surface area contributed by atoms with Crippen molar-refractivity contribution in [2.75, 3.05) is 19.7 Å². The highest BCUT2D eigenvalue weighted by atomic mass is 16.5. The average Bonchev–Trinajstić information content (AvgIpc) is 2.59. The minimum absolute atomic E-state index is 0.320. The van der Waals surface area contributed by atoms with E-state index in [0.717, 1.165) is 31.8 Å². The summed E-state index contributed by atoms with van der Waals surface area (Å²) in [5, 5.41) is 10.5. The van der Waals surface area contributed by atoms with Gasteiger partial charge in [0.2, 0.25) is 0 Å². The maximum Gasteiger partial charge on any atom is 0.0900 e. The Morgan fingerprint density at radius 1 is 1.20 bits per heavy atom. The summed E-state index contributed by atoms with van der Waals surface area (Å²) in [4.78, 5) is 2.36. The van der Waals surface area contributed by atoms with E-state index in [1.165, 1.54) is 24.0 Å². The van der Waals surface area contributed by atoms with Gasteiger partial charge in [0.15, 0.2) is 0 Å². The van der Waals surface area contributed by atoms with Crippen molar-refractivity contribution in [1.29, 1.82) is 0 Å². The highest BCUT2D eigenvalue weighted by molar-refractivity contribution is 5.29. The Morgan fingerprint density at radius 2 is 1.96 bits per heavy atom. The molecule has 4 atom stereocenters. The number of nitrogens with zero attached hydrogens (tertiary/aromatic N) is 1. The second-order valence-electron chi connectivity index (χ2n) is 8.61. The normalized spacial score (nSPS) is 28.8. The molecular formula is C22H35NO2. The van der Waals surface area contributed by atoms with Crippen molar-refractivity contribution < 1.29 is 9.84 Å². The van der Waals surface area contributed by atoms with Crippen LogP contribution in [0.25, 0.3) is 0 Å². The molecule has 0 radical (unpaired) electrons. The molecule has 1 heterocycles. The molecule has 3 rings (SSSR count). The zero-order valence-corrected chi connectivity index (χ0v) is 16.2. The van der Waals surface area contributed by atoms with E-state index in [1.54, 1.807) is 0 Å². The summed E-state index contributed by atoms with van der Waals surface area (Å²) in [6.07, 6.45) is 4.74. The second-order valence-corrected chi connectivity index (χ2v) is 8.61. The van der Waals surface area contributed by atoms with Gasteiger partial charge in [-0.05, 0) is 48.1 Å². The van der Waals surface area contributed by atoms with E-state index >= 15 is 0 Å². The monoisotopic (exact) mass is 345 g/mol. The first-order chi connectivity index (χ1) is 12.0. The van der Waals surface area contributed by atoms with Crippen LogP contribution in [0.4, 0.5) is 0 Å². The number of hydrogen-bond acceptors (Lipinski definition) is 3. The van der Waals surface area contributed by atoms with Crippen molar-refractivity contribution >= 4 is 0 Å². The lowest BCUT2D eigenvalue weighted by atomic mass is 9.75. The molecule has 1 fully saturated rings. The lowest BCUT2D eigenvalue weighted by molar-refractivity contribution is -0.0744. The molecule has 0 aromatic heterocycles. The van der Waals surface area contributed by atoms with Gasteiger partial charge in [-0.3, -0.25) is 4.90 Å². The molecule has 0 unspecified atom stereocenters. The van der Waals surface area contributed by atoms with Crippen molar-refractivity contribution in [1.82, 2.24) is 4.90 Å². The summed E-state index contributed by atoms with van der Waals surface area (Å²) in [6.45, 7) is 10.1. The largest absolute Gasteiger partial charge is 0.389 e. The Hall–Kier alpha value is -0.900. The molecule has 0 spiro atoms. The zero-order valence-electron chi connectivity index (χ0n) is 16.2. The quantitative estimate of drug-likeness (QED) is 0.849. The maximum atomic E-state index is 10.5. The number of benzene rings is 1. The molecule has 1 N–H and O–H groups in total. The third-order valence-electron chi connectivity index (χ3n) is 6.14. The highest BCUT2D eigenvalue weighted by Gasteiger charge is 2.32. The van der Waals surface area contributed by atoms with Gasteiger partial charge < -0.3 is 9.84 Å². The van der Waals surface area contributed by atoms with Gasteiger partial charge in [0.05, 0.1) is 18.8 Å². The summed E-state index contributed by atoms with van der Waals surface area (Å²) in [5.74, 6) is 2.05. The van der Waals surface area contributed by atoms with E-state index in [1.807, 2.05) is 0 Å². The van der Waals surface area contributed by atoms with Gasteiger partial charge in [-0.15, -0.1) is 0 Å². The third kappa shape index (κ3) is 5.06. The summed E-state index contributed by atoms with van der Waals surface area (Å²) in [6, 6.07) is 8.66. The molecule has 1 aromatic rings. The number of β-amino-alcohol motifs (C(OH)–C–C–N with tert-alkyl or cyclic N) is 1. The van der Waals surface area contributed by atoms with E-state index < -0.39 is 6.10 Å². The van der Waals surface area contributed by atoms with Crippen LogP contribution < -0.4 is 0 Å². The minimum Gasteiger partial charge on any atom is -0.389 e. The molecule has 25 heavy (non-hydrogen) atoms. The summed E-state index contributed by atoms with van der Waals surface area (Å²) in [7, 11) is 0. The van der Waals surface area contributed by atoms with Crippen molar-refractivity contribution in [3.05, 3.63) is 35.4 Å². The molecular weight excluding hydrogens is 310 g/mol. The van der Waals surface area contributed by atoms with Crippen LogP contribution in [0.15, 0.2) is 24.3 Å². The van der Waals surface area contributed by atoms with Gasteiger partial charge in [0, 0.05) is 19.6 Å². The maximum absolute atomic E-state index is 10.5. The van der Waals surface area contributed by atoms with Gasteiger partial charge in [0.25, 0.3) is 0 Å². The molecule has 3 nitrogen and oxygen atoms in total. The average molecular weight is 346 g/mol. The number of rotatable bonds is 6. The first-order valence-corrected chi connectivity index (χ1v) is 10.1. The Morgan fingerprint density at radius 3 is 2.72 bits per heavy atom. The van der Waals surface area contributed by atoms with Crippen molar-refractivity contribution in [2.45, 2.75) is 65.2 Å². The van der Waals surface area contributed by atoms with E-state index in [0.29, 0.717) is 31.1 Å². The number of ether oxygens (including phenoxy) is 1. The standard InChI is InChI=1S/C22H35NO2/c1-16(2)21-9-8-17(3)12-22(21)25-15-20(24)14-23-11-10-18-6-4-5-7-19(18)13-23/h4-7,16-17,20-22,24H,8-15H2,1-3H3/t17-,20-,21-,22+/m1/s1. The lowest BCUT2D eigenvalue weighted by Gasteiger charge is -2.38. The molecule has 0 bridgehead atoms. The van der Waals surface area contributed by atoms with Gasteiger partial charge in [-0.2, -0.15) is 0 Å². The van der Waals surface area contributed by atoms with Crippen LogP contribution >= 0.6 is 0 Å². The van der Waals surface area contributed by atoms with Crippen LogP contribution in [0.1, 0.15) is 51.2 Å². The zero-order chi connectivity index (χ0) is 17.8. The number of fused-ring (bicyclic) bond motifs is 1. The number of aliphatic hydroxyl groups is 1. The van der Waals surface area contributed by atoms with Crippen molar-refractivity contribution in [3.63, 3.8) is 0 Å². The summed E-state index contributed by atoms with van der Waals surface area (Å²) in [5.41, 5.74) is 2.86. The topological polar surface area (TPSA) is 32.7 Å². The van der Waals surface area contributed by atoms with E-state index in [9.17, 15) is 5.11 Å². The number of hydrogen-bond donors (Lipinski definition) is 1. The van der Waals surface area contributed by atoms with Crippen LogP contribution in [0.5, 0.6) is 0 Å². The summed E-state index contributed by atoms with van der Waals surface area (Å²) < 4.78 is 6.22. The predicted octanol–water partition coefficient (Wildman–Crippen LogP) is 3.88. The highest BCUT2D eigenvalue weighted by Crippen LogP contribution is 2.35. The van der Waals surface area contributed by atoms with Crippen LogP contribution in [0, 0.1) is 17.8 Å². The van der Waals surface area contributed by atoms with Gasteiger partial charge >= 0.3 is 0 Å². The second kappa shape index (κ2) is 8.66. The predicted molar refractivity (Wildman–Crippen MR) is 103 cm³/mol. The fourth-order valence-electron chi connectivity index (χ4n) is 4.60. The minimum atomic E-state index is -0.393. The molecule has 1 saturated carbocycles. The van der Waals surface area contributed by atoms with Crippen LogP contribution in [-0.2, 0) is 17.7 Å². The van der Waals surface area contributed by atoms with E-state index in [4.69, 9.17) is 4.74 Å². The van der Waals surface area contributed by atoms with Gasteiger partial charge in [0.1, 0.15) is 0 Å². The van der Waals surface area contributed by atoms with Crippen LogP contribution in [0.2, 0.25) is 0 Å². The molecule has 1 aliphatic heterocycles. The van der Waals surface area contributed by atoms with Gasteiger partial charge in [-0.25, -0.2) is 0 Å². The van der Waals surface area contributed by atoms with Crippen molar-refractivity contribution in [3.8, 4) is 0 Å². The van der Waals surface area contributed by atoms with Crippen LogP contribution in [-0.4, -0.2) is 41.9 Å². The van der Waals surface area contributed by atoms with E-state index in [2.05, 4.69) is 49.9 Å². The molecule has 1 aromatic carbocycles. The number of aliphatic hydroxyl groups excluding tert-OH is 1. The smallest absolute Gasteiger partial charge is 0.0900 e. The fourth-order valence-corrected chi connectivity index (χ4v) is 4.60. The SMILES string of the molecule is CC(C)[C@H]1CC[C@@H](C)C[C@@H]1OC[C@H](O)CN1CCc2ccccc2C1. The lowest BCUT2D eigenvalue weighted by Crippen LogP contribution is -2.41. The molecule has 140 valence electrons. The molecule has 0 saturated heterocycles. The Labute approximate surface area is 153 Å². The Bertz CT molecular complexity index is 545.